The molecule has 3 nitrogen and oxygen atoms in total. The van der Waals surface area contributed by atoms with Crippen molar-refractivity contribution in [1.82, 2.24) is 0 Å². The Morgan fingerprint density at radius 1 is 1.50 bits per heavy atom. The van der Waals surface area contributed by atoms with Gasteiger partial charge in [0.2, 0.25) is 0 Å². The van der Waals surface area contributed by atoms with Crippen molar-refractivity contribution in [2.24, 2.45) is 11.7 Å². The molecular weight excluding hydrogens is 226 g/mol. The third-order valence-electron chi connectivity index (χ3n) is 4.01. The van der Waals surface area contributed by atoms with E-state index in [9.17, 15) is 5.11 Å². The lowest BCUT2D eigenvalue weighted by Gasteiger charge is -2.27. The number of hydrogen-bond acceptors (Lipinski definition) is 3. The van der Waals surface area contributed by atoms with Gasteiger partial charge in [-0.15, -0.1) is 0 Å². The van der Waals surface area contributed by atoms with E-state index in [1.807, 2.05) is 26.0 Å². The highest BCUT2D eigenvalue weighted by Crippen LogP contribution is 2.32. The first-order chi connectivity index (χ1) is 8.40. The molecule has 3 heteroatoms. The van der Waals surface area contributed by atoms with Gasteiger partial charge in [-0.3, -0.25) is 0 Å². The maximum Gasteiger partial charge on any atom is 0.119 e. The lowest BCUT2D eigenvalue weighted by molar-refractivity contribution is -0.0266. The molecule has 2 atom stereocenters. The van der Waals surface area contributed by atoms with Gasteiger partial charge in [0, 0.05) is 6.04 Å². The van der Waals surface area contributed by atoms with Crippen LogP contribution in [-0.2, 0) is 6.42 Å². The van der Waals surface area contributed by atoms with Crippen molar-refractivity contribution in [1.29, 1.82) is 0 Å². The van der Waals surface area contributed by atoms with Crippen LogP contribution in [0.25, 0.3) is 0 Å². The summed E-state index contributed by atoms with van der Waals surface area (Å²) >= 11 is 0. The van der Waals surface area contributed by atoms with Crippen molar-refractivity contribution in [2.75, 3.05) is 6.61 Å². The van der Waals surface area contributed by atoms with Crippen LogP contribution < -0.4 is 10.5 Å². The zero-order valence-corrected chi connectivity index (χ0v) is 11.4. The number of rotatable bonds is 4. The largest absolute Gasteiger partial charge is 0.491 e. The van der Waals surface area contributed by atoms with E-state index in [2.05, 4.69) is 6.07 Å². The standard InChI is InChI=1S/C15H23NO2/c1-10(2)15(3,17)9-18-12-5-6-13-11(8-12)4-7-14(13)16/h5-6,8,10,14,17H,4,7,9,16H2,1-3H3/t14-,15?/m1/s1. The van der Waals surface area contributed by atoms with Crippen LogP contribution in [0.4, 0.5) is 0 Å². The van der Waals surface area contributed by atoms with Crippen molar-refractivity contribution in [2.45, 2.75) is 45.3 Å². The first kappa shape index (κ1) is 13.4. The monoisotopic (exact) mass is 249 g/mol. The molecule has 0 bridgehead atoms. The summed E-state index contributed by atoms with van der Waals surface area (Å²) in [6, 6.07) is 6.22. The first-order valence-electron chi connectivity index (χ1n) is 6.64. The molecular formula is C15H23NO2. The maximum absolute atomic E-state index is 10.1. The number of aliphatic hydroxyl groups is 1. The minimum atomic E-state index is -0.796. The molecule has 1 aliphatic rings. The van der Waals surface area contributed by atoms with Gasteiger partial charge >= 0.3 is 0 Å². The number of hydrogen-bond donors (Lipinski definition) is 2. The normalized spacial score (nSPS) is 21.8. The van der Waals surface area contributed by atoms with Gasteiger partial charge < -0.3 is 15.6 Å². The van der Waals surface area contributed by atoms with Crippen molar-refractivity contribution >= 4 is 0 Å². The third-order valence-corrected chi connectivity index (χ3v) is 4.01. The quantitative estimate of drug-likeness (QED) is 0.861. The zero-order valence-electron chi connectivity index (χ0n) is 11.4. The maximum atomic E-state index is 10.1. The van der Waals surface area contributed by atoms with Gasteiger partial charge in [-0.25, -0.2) is 0 Å². The van der Waals surface area contributed by atoms with Gasteiger partial charge in [0.15, 0.2) is 0 Å². The molecule has 1 aliphatic carbocycles. The van der Waals surface area contributed by atoms with Crippen LogP contribution in [0, 0.1) is 5.92 Å². The van der Waals surface area contributed by atoms with Crippen LogP contribution in [0.5, 0.6) is 5.75 Å². The van der Waals surface area contributed by atoms with Gasteiger partial charge in [-0.05, 0) is 48.9 Å². The number of benzene rings is 1. The smallest absolute Gasteiger partial charge is 0.119 e. The van der Waals surface area contributed by atoms with Gasteiger partial charge in [0.05, 0.1) is 5.60 Å². The lowest BCUT2D eigenvalue weighted by Crippen LogP contribution is -2.37. The Balaban J connectivity index is 2.04. The highest BCUT2D eigenvalue weighted by atomic mass is 16.5. The van der Waals surface area contributed by atoms with Crippen LogP contribution in [0.15, 0.2) is 18.2 Å². The van der Waals surface area contributed by atoms with Gasteiger partial charge in [0.25, 0.3) is 0 Å². The predicted molar refractivity (Wildman–Crippen MR) is 72.6 cm³/mol. The van der Waals surface area contributed by atoms with E-state index < -0.39 is 5.60 Å². The second kappa shape index (κ2) is 4.90. The highest BCUT2D eigenvalue weighted by molar-refractivity contribution is 5.40. The van der Waals surface area contributed by atoms with E-state index in [0.29, 0.717) is 6.61 Å². The summed E-state index contributed by atoms with van der Waals surface area (Å²) < 4.78 is 5.70. The molecule has 0 aromatic heterocycles. The van der Waals surface area contributed by atoms with E-state index in [4.69, 9.17) is 10.5 Å². The first-order valence-corrected chi connectivity index (χ1v) is 6.64. The number of ether oxygens (including phenoxy) is 1. The third kappa shape index (κ3) is 2.68. The summed E-state index contributed by atoms with van der Waals surface area (Å²) in [5.74, 6) is 0.990. The Morgan fingerprint density at radius 3 is 2.89 bits per heavy atom. The van der Waals surface area contributed by atoms with Crippen molar-refractivity contribution in [3.8, 4) is 5.75 Å². The number of fused-ring (bicyclic) bond motifs is 1. The molecule has 1 aromatic carbocycles. The zero-order chi connectivity index (χ0) is 13.3. The molecule has 0 fully saturated rings. The molecule has 1 unspecified atom stereocenters. The highest BCUT2D eigenvalue weighted by Gasteiger charge is 2.26. The number of nitrogens with two attached hydrogens (primary N) is 1. The molecule has 0 aliphatic heterocycles. The molecule has 0 heterocycles. The Bertz CT molecular complexity index is 427. The summed E-state index contributed by atoms with van der Waals surface area (Å²) in [7, 11) is 0. The molecule has 0 radical (unpaired) electrons. The summed E-state index contributed by atoms with van der Waals surface area (Å²) in [5, 5.41) is 10.1. The molecule has 18 heavy (non-hydrogen) atoms. The van der Waals surface area contributed by atoms with Crippen molar-refractivity contribution < 1.29 is 9.84 Å². The summed E-state index contributed by atoms with van der Waals surface area (Å²) in [6.07, 6.45) is 2.04. The second-order valence-electron chi connectivity index (χ2n) is 5.81. The lowest BCUT2D eigenvalue weighted by atomic mass is 9.94. The predicted octanol–water partition coefficient (Wildman–Crippen LogP) is 2.42. The van der Waals surface area contributed by atoms with E-state index >= 15 is 0 Å². The van der Waals surface area contributed by atoms with E-state index in [1.54, 1.807) is 6.92 Å². The Kier molecular flexibility index (Phi) is 3.64. The van der Waals surface area contributed by atoms with Crippen LogP contribution in [0.1, 0.15) is 44.4 Å². The second-order valence-corrected chi connectivity index (χ2v) is 5.81. The van der Waals surface area contributed by atoms with E-state index in [-0.39, 0.29) is 12.0 Å². The van der Waals surface area contributed by atoms with Crippen LogP contribution in [0.3, 0.4) is 0 Å². The molecule has 0 saturated carbocycles. The molecule has 0 amide bonds. The average molecular weight is 249 g/mol. The molecule has 0 saturated heterocycles. The molecule has 1 aromatic rings. The summed E-state index contributed by atoms with van der Waals surface area (Å²) in [4.78, 5) is 0. The van der Waals surface area contributed by atoms with E-state index in [1.165, 1.54) is 11.1 Å². The number of aryl methyl sites for hydroxylation is 1. The fourth-order valence-electron chi connectivity index (χ4n) is 2.11. The Labute approximate surface area is 109 Å². The molecule has 0 spiro atoms. The van der Waals surface area contributed by atoms with E-state index in [0.717, 1.165) is 18.6 Å². The van der Waals surface area contributed by atoms with Crippen molar-refractivity contribution in [3.63, 3.8) is 0 Å². The summed E-state index contributed by atoms with van der Waals surface area (Å²) in [6.45, 7) is 6.10. The van der Waals surface area contributed by atoms with Crippen LogP contribution in [0.2, 0.25) is 0 Å². The fraction of sp³-hybridized carbons (Fsp3) is 0.600. The van der Waals surface area contributed by atoms with Crippen LogP contribution in [-0.4, -0.2) is 17.3 Å². The minimum Gasteiger partial charge on any atom is -0.491 e. The SMILES string of the molecule is CC(C)C(C)(O)COc1ccc2c(c1)CC[C@H]2N. The Morgan fingerprint density at radius 2 is 2.22 bits per heavy atom. The van der Waals surface area contributed by atoms with Gasteiger partial charge in [-0.1, -0.05) is 19.9 Å². The summed E-state index contributed by atoms with van der Waals surface area (Å²) in [5.41, 5.74) is 7.72. The minimum absolute atomic E-state index is 0.167. The average Bonchev–Trinajstić information content (AvgIpc) is 2.68. The van der Waals surface area contributed by atoms with Crippen LogP contribution >= 0.6 is 0 Å². The van der Waals surface area contributed by atoms with Crippen molar-refractivity contribution in [3.05, 3.63) is 29.3 Å². The molecule has 100 valence electrons. The topological polar surface area (TPSA) is 55.5 Å². The van der Waals surface area contributed by atoms with Gasteiger partial charge in [-0.2, -0.15) is 0 Å². The molecule has 2 rings (SSSR count). The fourth-order valence-corrected chi connectivity index (χ4v) is 2.11. The Hall–Kier alpha value is -1.06. The molecule has 3 N–H and O–H groups in total. The van der Waals surface area contributed by atoms with Gasteiger partial charge in [0.1, 0.15) is 12.4 Å².